The number of ether oxygens (including phenoxy) is 1. The Morgan fingerprint density at radius 2 is 2.24 bits per heavy atom. The first kappa shape index (κ1) is 11.7. The zero-order valence-electron chi connectivity index (χ0n) is 9.81. The summed E-state index contributed by atoms with van der Waals surface area (Å²) in [5, 5.41) is 5.33. The van der Waals surface area contributed by atoms with E-state index in [1.807, 2.05) is 6.07 Å². The lowest BCUT2D eigenvalue weighted by Crippen LogP contribution is -2.09. The molecule has 1 unspecified atom stereocenters. The van der Waals surface area contributed by atoms with Gasteiger partial charge < -0.3 is 15.8 Å². The Morgan fingerprint density at radius 3 is 2.88 bits per heavy atom. The minimum absolute atomic E-state index is 0.178. The quantitative estimate of drug-likeness (QED) is 0.874. The van der Waals surface area contributed by atoms with Gasteiger partial charge in [0.05, 0.1) is 18.8 Å². The van der Waals surface area contributed by atoms with Crippen molar-refractivity contribution in [1.29, 1.82) is 0 Å². The van der Waals surface area contributed by atoms with Crippen molar-refractivity contribution < 1.29 is 4.74 Å². The molecule has 90 valence electrons. The Bertz CT molecular complexity index is 485. The molecule has 0 aliphatic carbocycles. The highest BCUT2D eigenvalue weighted by molar-refractivity contribution is 7.10. The van der Waals surface area contributed by atoms with Gasteiger partial charge in [0.25, 0.3) is 0 Å². The molecule has 0 aliphatic heterocycles. The van der Waals surface area contributed by atoms with E-state index in [4.69, 9.17) is 10.5 Å². The topological polar surface area (TPSA) is 60.2 Å². The largest absolute Gasteiger partial charge is 0.481 e. The molecule has 2 heterocycles. The molecule has 2 aromatic heterocycles. The minimum Gasteiger partial charge on any atom is -0.481 e. The predicted octanol–water partition coefficient (Wildman–Crippen LogP) is 2.91. The highest BCUT2D eigenvalue weighted by atomic mass is 32.1. The molecule has 1 atom stereocenters. The van der Waals surface area contributed by atoms with Crippen molar-refractivity contribution in [2.24, 2.45) is 0 Å². The van der Waals surface area contributed by atoms with E-state index in [1.54, 1.807) is 30.6 Å². The van der Waals surface area contributed by atoms with Crippen LogP contribution in [0.2, 0.25) is 0 Å². The number of anilines is 2. The molecule has 0 radical (unpaired) electrons. The van der Waals surface area contributed by atoms with Gasteiger partial charge in [0, 0.05) is 10.9 Å². The van der Waals surface area contributed by atoms with E-state index >= 15 is 0 Å². The second-order valence-corrected chi connectivity index (χ2v) is 4.65. The summed E-state index contributed by atoms with van der Waals surface area (Å²) in [7, 11) is 1.59. The van der Waals surface area contributed by atoms with Crippen LogP contribution in [-0.4, -0.2) is 12.1 Å². The summed E-state index contributed by atoms with van der Waals surface area (Å²) in [5.74, 6) is 1.21. The van der Waals surface area contributed by atoms with Crippen LogP contribution >= 0.6 is 11.3 Å². The van der Waals surface area contributed by atoms with Crippen molar-refractivity contribution in [3.05, 3.63) is 34.5 Å². The maximum absolute atomic E-state index is 5.87. The molecular formula is C12H15N3OS. The fourth-order valence-corrected chi connectivity index (χ4v) is 2.23. The van der Waals surface area contributed by atoms with E-state index in [-0.39, 0.29) is 6.04 Å². The highest BCUT2D eigenvalue weighted by Crippen LogP contribution is 2.26. The summed E-state index contributed by atoms with van der Waals surface area (Å²) < 4.78 is 5.08. The van der Waals surface area contributed by atoms with E-state index in [1.165, 1.54) is 4.88 Å². The average Bonchev–Trinajstić information content (AvgIpc) is 2.85. The average molecular weight is 249 g/mol. The molecule has 4 nitrogen and oxygen atoms in total. The summed E-state index contributed by atoms with van der Waals surface area (Å²) in [4.78, 5) is 5.53. The van der Waals surface area contributed by atoms with E-state index < -0.39 is 0 Å². The number of aromatic nitrogens is 1. The Labute approximate surface area is 104 Å². The number of nitrogens with two attached hydrogens (primary N) is 1. The second kappa shape index (κ2) is 5.05. The van der Waals surface area contributed by atoms with Crippen molar-refractivity contribution in [2.75, 3.05) is 18.2 Å². The number of hydrogen-bond donors (Lipinski definition) is 2. The molecule has 5 heteroatoms. The molecule has 17 heavy (non-hydrogen) atoms. The number of hydrogen-bond acceptors (Lipinski definition) is 5. The van der Waals surface area contributed by atoms with Crippen LogP contribution in [0.4, 0.5) is 11.5 Å². The first-order valence-corrected chi connectivity index (χ1v) is 6.19. The van der Waals surface area contributed by atoms with E-state index in [2.05, 4.69) is 28.7 Å². The van der Waals surface area contributed by atoms with Crippen molar-refractivity contribution in [3.63, 3.8) is 0 Å². The number of methoxy groups -OCH3 is 1. The zero-order chi connectivity index (χ0) is 12.3. The van der Waals surface area contributed by atoms with Gasteiger partial charge in [0.15, 0.2) is 5.82 Å². The molecule has 0 amide bonds. The zero-order valence-corrected chi connectivity index (χ0v) is 10.6. The van der Waals surface area contributed by atoms with Crippen molar-refractivity contribution >= 4 is 22.8 Å². The molecule has 0 saturated carbocycles. The van der Waals surface area contributed by atoms with Gasteiger partial charge in [-0.25, -0.2) is 0 Å². The molecule has 2 rings (SSSR count). The minimum atomic E-state index is 0.178. The Morgan fingerprint density at radius 1 is 1.41 bits per heavy atom. The Kier molecular flexibility index (Phi) is 3.49. The SMILES string of the molecule is COc1ccc(N)c(NC(C)c2cccs2)n1. The molecule has 2 aromatic rings. The fourth-order valence-electron chi connectivity index (χ4n) is 1.50. The third-order valence-corrected chi connectivity index (χ3v) is 3.49. The van der Waals surface area contributed by atoms with E-state index in [0.29, 0.717) is 17.4 Å². The lowest BCUT2D eigenvalue weighted by atomic mass is 10.2. The van der Waals surface area contributed by atoms with Gasteiger partial charge in [-0.3, -0.25) is 0 Å². The van der Waals surface area contributed by atoms with Gasteiger partial charge in [-0.15, -0.1) is 11.3 Å². The third-order valence-electron chi connectivity index (χ3n) is 2.43. The summed E-state index contributed by atoms with van der Waals surface area (Å²) in [6, 6.07) is 7.82. The molecule has 0 spiro atoms. The monoisotopic (exact) mass is 249 g/mol. The third kappa shape index (κ3) is 2.68. The van der Waals surface area contributed by atoms with Gasteiger partial charge in [-0.1, -0.05) is 6.07 Å². The van der Waals surface area contributed by atoms with Crippen molar-refractivity contribution in [1.82, 2.24) is 4.98 Å². The number of nitrogens with zero attached hydrogens (tertiary/aromatic N) is 1. The number of nitrogen functional groups attached to an aromatic ring is 1. The second-order valence-electron chi connectivity index (χ2n) is 3.67. The number of rotatable bonds is 4. The molecule has 3 N–H and O–H groups in total. The van der Waals surface area contributed by atoms with Gasteiger partial charge >= 0.3 is 0 Å². The summed E-state index contributed by atoms with van der Waals surface area (Å²) >= 11 is 1.70. The van der Waals surface area contributed by atoms with Crippen LogP contribution in [0.25, 0.3) is 0 Å². The van der Waals surface area contributed by atoms with Crippen LogP contribution in [-0.2, 0) is 0 Å². The number of nitrogens with one attached hydrogen (secondary N) is 1. The standard InChI is InChI=1S/C12H15N3OS/c1-8(10-4-3-7-17-10)14-12-9(13)5-6-11(15-12)16-2/h3-8H,13H2,1-2H3,(H,14,15). The molecule has 0 fully saturated rings. The molecule has 0 saturated heterocycles. The van der Waals surface area contributed by atoms with E-state index in [9.17, 15) is 0 Å². The van der Waals surface area contributed by atoms with Crippen molar-refractivity contribution in [3.8, 4) is 5.88 Å². The smallest absolute Gasteiger partial charge is 0.215 e. The molecule has 0 aromatic carbocycles. The van der Waals surface area contributed by atoms with Crippen LogP contribution in [0, 0.1) is 0 Å². The lowest BCUT2D eigenvalue weighted by molar-refractivity contribution is 0.398. The normalized spacial score (nSPS) is 12.1. The summed E-state index contributed by atoms with van der Waals surface area (Å²) in [6.07, 6.45) is 0. The van der Waals surface area contributed by atoms with Crippen LogP contribution in [0.5, 0.6) is 5.88 Å². The van der Waals surface area contributed by atoms with Crippen LogP contribution in [0.3, 0.4) is 0 Å². The van der Waals surface area contributed by atoms with Crippen LogP contribution < -0.4 is 15.8 Å². The number of pyridine rings is 1. The van der Waals surface area contributed by atoms with Crippen LogP contribution in [0.15, 0.2) is 29.6 Å². The fraction of sp³-hybridized carbons (Fsp3) is 0.250. The van der Waals surface area contributed by atoms with Crippen LogP contribution in [0.1, 0.15) is 17.8 Å². The summed E-state index contributed by atoms with van der Waals surface area (Å²) in [5.41, 5.74) is 6.49. The predicted molar refractivity (Wildman–Crippen MR) is 71.6 cm³/mol. The first-order chi connectivity index (χ1) is 8.20. The van der Waals surface area contributed by atoms with Gasteiger partial charge in [-0.05, 0) is 24.4 Å². The molecular weight excluding hydrogens is 234 g/mol. The maximum atomic E-state index is 5.87. The molecule has 0 bridgehead atoms. The van der Waals surface area contributed by atoms with Gasteiger partial charge in [-0.2, -0.15) is 4.98 Å². The lowest BCUT2D eigenvalue weighted by Gasteiger charge is -2.15. The van der Waals surface area contributed by atoms with Gasteiger partial charge in [0.1, 0.15) is 0 Å². The Balaban J connectivity index is 2.18. The maximum Gasteiger partial charge on any atom is 0.215 e. The highest BCUT2D eigenvalue weighted by Gasteiger charge is 2.10. The first-order valence-electron chi connectivity index (χ1n) is 5.31. The number of thiophene rings is 1. The van der Waals surface area contributed by atoms with Crippen molar-refractivity contribution in [2.45, 2.75) is 13.0 Å². The summed E-state index contributed by atoms with van der Waals surface area (Å²) in [6.45, 7) is 2.08. The van der Waals surface area contributed by atoms with E-state index in [0.717, 1.165) is 0 Å². The van der Waals surface area contributed by atoms with Gasteiger partial charge in [0.2, 0.25) is 5.88 Å². The molecule has 0 aliphatic rings. The Hall–Kier alpha value is -1.75.